The number of halogens is 1. The molecule has 0 spiro atoms. The summed E-state index contributed by atoms with van der Waals surface area (Å²) in [5.74, 6) is -0.104. The molecule has 0 unspecified atom stereocenters. The van der Waals surface area contributed by atoms with Gasteiger partial charge in [-0.15, -0.1) is 11.3 Å². The first-order valence-electron chi connectivity index (χ1n) is 7.49. The number of pyridine rings is 1. The predicted molar refractivity (Wildman–Crippen MR) is 100 cm³/mol. The molecule has 2 heterocycles. The normalized spacial score (nSPS) is 12.0. The Balaban J connectivity index is 1.79. The highest BCUT2D eigenvalue weighted by Gasteiger charge is 2.18. The third kappa shape index (κ3) is 3.71. The average molecular weight is 402 g/mol. The highest BCUT2D eigenvalue weighted by Crippen LogP contribution is 2.28. The van der Waals surface area contributed by atoms with Gasteiger partial charge in [-0.2, -0.15) is 0 Å². The van der Waals surface area contributed by atoms with Crippen LogP contribution in [-0.4, -0.2) is 15.9 Å². The van der Waals surface area contributed by atoms with Crippen LogP contribution in [0.3, 0.4) is 0 Å². The van der Waals surface area contributed by atoms with Gasteiger partial charge in [-0.05, 0) is 43.7 Å². The van der Waals surface area contributed by atoms with Crippen molar-refractivity contribution in [2.24, 2.45) is 0 Å². The first kappa shape index (κ1) is 16.8. The van der Waals surface area contributed by atoms with Crippen LogP contribution in [0.2, 0.25) is 0 Å². The first-order chi connectivity index (χ1) is 11.5. The number of amides is 1. The number of aryl methyl sites for hydroxylation is 1. The van der Waals surface area contributed by atoms with Gasteiger partial charge in [-0.1, -0.05) is 28.1 Å². The molecule has 0 aliphatic heterocycles. The number of hydrogen-bond acceptors (Lipinski definition) is 4. The van der Waals surface area contributed by atoms with E-state index in [0.717, 1.165) is 26.3 Å². The van der Waals surface area contributed by atoms with Crippen molar-refractivity contribution in [1.29, 1.82) is 0 Å². The largest absolute Gasteiger partial charge is 0.345 e. The van der Waals surface area contributed by atoms with Crippen molar-refractivity contribution in [2.75, 3.05) is 0 Å². The number of thiazole rings is 1. The number of rotatable bonds is 4. The van der Waals surface area contributed by atoms with E-state index in [4.69, 9.17) is 0 Å². The van der Waals surface area contributed by atoms with Gasteiger partial charge >= 0.3 is 0 Å². The third-order valence-corrected chi connectivity index (χ3v) is 5.31. The third-order valence-electron chi connectivity index (χ3n) is 3.61. The Labute approximate surface area is 153 Å². The van der Waals surface area contributed by atoms with E-state index in [-0.39, 0.29) is 11.9 Å². The molecule has 2 aromatic heterocycles. The van der Waals surface area contributed by atoms with Crippen molar-refractivity contribution in [3.8, 4) is 10.6 Å². The van der Waals surface area contributed by atoms with E-state index >= 15 is 0 Å². The van der Waals surface area contributed by atoms with Crippen molar-refractivity contribution in [1.82, 2.24) is 15.3 Å². The molecular formula is C18H16BrN3OS. The standard InChI is InChI=1S/C18H16BrN3OS/c1-11(13-5-3-7-15(19)9-13)21-17(23)16-12(2)22-18(24-16)14-6-4-8-20-10-14/h3-11H,1-2H3,(H,21,23)/t11-/m1/s1. The Morgan fingerprint density at radius 2 is 2.12 bits per heavy atom. The summed E-state index contributed by atoms with van der Waals surface area (Å²) < 4.78 is 0.994. The number of benzene rings is 1. The summed E-state index contributed by atoms with van der Waals surface area (Å²) in [4.78, 5) is 21.9. The number of nitrogens with zero attached hydrogens (tertiary/aromatic N) is 2. The molecule has 0 bridgehead atoms. The summed E-state index contributed by atoms with van der Waals surface area (Å²) in [6, 6.07) is 11.6. The van der Waals surface area contributed by atoms with Crippen molar-refractivity contribution in [2.45, 2.75) is 19.9 Å². The van der Waals surface area contributed by atoms with E-state index in [1.165, 1.54) is 11.3 Å². The van der Waals surface area contributed by atoms with Crippen molar-refractivity contribution < 1.29 is 4.79 Å². The van der Waals surface area contributed by atoms with Crippen LogP contribution in [0.1, 0.15) is 33.9 Å². The maximum atomic E-state index is 12.6. The first-order valence-corrected chi connectivity index (χ1v) is 9.09. The maximum absolute atomic E-state index is 12.6. The van der Waals surface area contributed by atoms with Crippen LogP contribution < -0.4 is 5.32 Å². The number of carbonyl (C=O) groups excluding carboxylic acids is 1. The molecule has 0 saturated heterocycles. The lowest BCUT2D eigenvalue weighted by molar-refractivity contribution is 0.0943. The van der Waals surface area contributed by atoms with E-state index in [1.54, 1.807) is 12.4 Å². The summed E-state index contributed by atoms with van der Waals surface area (Å²) in [6.07, 6.45) is 3.47. The van der Waals surface area contributed by atoms with Gasteiger partial charge in [0.2, 0.25) is 0 Å². The van der Waals surface area contributed by atoms with Gasteiger partial charge in [-0.3, -0.25) is 9.78 Å². The van der Waals surface area contributed by atoms with Gasteiger partial charge in [0.05, 0.1) is 11.7 Å². The second-order valence-electron chi connectivity index (χ2n) is 5.43. The Morgan fingerprint density at radius 1 is 1.29 bits per heavy atom. The topological polar surface area (TPSA) is 54.9 Å². The van der Waals surface area contributed by atoms with Gasteiger partial charge in [-0.25, -0.2) is 4.98 Å². The second kappa shape index (κ2) is 7.23. The van der Waals surface area contributed by atoms with Gasteiger partial charge in [0.15, 0.2) is 0 Å². The number of hydrogen-bond donors (Lipinski definition) is 1. The molecule has 1 amide bonds. The Kier molecular flexibility index (Phi) is 5.06. The highest BCUT2D eigenvalue weighted by atomic mass is 79.9. The van der Waals surface area contributed by atoms with Crippen molar-refractivity contribution in [3.63, 3.8) is 0 Å². The van der Waals surface area contributed by atoms with Crippen LogP contribution in [-0.2, 0) is 0 Å². The quantitative estimate of drug-likeness (QED) is 0.684. The SMILES string of the molecule is Cc1nc(-c2cccnc2)sc1C(=O)N[C@H](C)c1cccc(Br)c1. The lowest BCUT2D eigenvalue weighted by Gasteiger charge is -2.14. The number of nitrogens with one attached hydrogen (secondary N) is 1. The van der Waals surface area contributed by atoms with E-state index in [0.29, 0.717) is 4.88 Å². The number of aromatic nitrogens is 2. The maximum Gasteiger partial charge on any atom is 0.263 e. The fourth-order valence-corrected chi connectivity index (χ4v) is 3.72. The van der Waals surface area contributed by atoms with Gasteiger partial charge in [0.1, 0.15) is 9.88 Å². The zero-order chi connectivity index (χ0) is 17.1. The fourth-order valence-electron chi connectivity index (χ4n) is 2.34. The van der Waals surface area contributed by atoms with Crippen molar-refractivity contribution in [3.05, 3.63) is 69.4 Å². The summed E-state index contributed by atoms with van der Waals surface area (Å²) in [5.41, 5.74) is 2.70. The minimum Gasteiger partial charge on any atom is -0.345 e. The van der Waals surface area contributed by atoms with Crippen LogP contribution in [0, 0.1) is 6.92 Å². The zero-order valence-corrected chi connectivity index (χ0v) is 15.7. The molecule has 1 atom stereocenters. The van der Waals surface area contributed by atoms with E-state index in [9.17, 15) is 4.79 Å². The fraction of sp³-hybridized carbons (Fsp3) is 0.167. The molecule has 0 fully saturated rings. The Bertz CT molecular complexity index is 864. The van der Waals surface area contributed by atoms with Gasteiger partial charge in [0.25, 0.3) is 5.91 Å². The highest BCUT2D eigenvalue weighted by molar-refractivity contribution is 9.10. The molecule has 0 radical (unpaired) electrons. The molecule has 6 heteroatoms. The number of carbonyl (C=O) groups is 1. The lowest BCUT2D eigenvalue weighted by atomic mass is 10.1. The van der Waals surface area contributed by atoms with Gasteiger partial charge in [0, 0.05) is 22.4 Å². The summed E-state index contributed by atoms with van der Waals surface area (Å²) in [6.45, 7) is 3.83. The summed E-state index contributed by atoms with van der Waals surface area (Å²) in [7, 11) is 0. The van der Waals surface area contributed by atoms with Crippen LogP contribution in [0.15, 0.2) is 53.3 Å². The predicted octanol–water partition coefficient (Wildman–Crippen LogP) is 4.77. The Hall–Kier alpha value is -2.05. The van der Waals surface area contributed by atoms with E-state index in [1.807, 2.05) is 50.2 Å². The minimum atomic E-state index is -0.104. The molecule has 0 aliphatic rings. The van der Waals surface area contributed by atoms with Crippen LogP contribution >= 0.6 is 27.3 Å². The molecule has 1 aromatic carbocycles. The molecule has 24 heavy (non-hydrogen) atoms. The lowest BCUT2D eigenvalue weighted by Crippen LogP contribution is -2.26. The zero-order valence-electron chi connectivity index (χ0n) is 13.3. The van der Waals surface area contributed by atoms with Crippen LogP contribution in [0.25, 0.3) is 10.6 Å². The smallest absolute Gasteiger partial charge is 0.263 e. The molecule has 1 N–H and O–H groups in total. The minimum absolute atomic E-state index is 0.0849. The van der Waals surface area contributed by atoms with Crippen molar-refractivity contribution >= 4 is 33.2 Å². The molecule has 3 aromatic rings. The molecule has 0 aliphatic carbocycles. The van der Waals surface area contributed by atoms with Crippen LogP contribution in [0.4, 0.5) is 0 Å². The monoisotopic (exact) mass is 401 g/mol. The molecule has 122 valence electrons. The molecular weight excluding hydrogens is 386 g/mol. The second-order valence-corrected chi connectivity index (χ2v) is 7.34. The molecule has 3 rings (SSSR count). The molecule has 4 nitrogen and oxygen atoms in total. The van der Waals surface area contributed by atoms with Gasteiger partial charge < -0.3 is 5.32 Å². The van der Waals surface area contributed by atoms with E-state index < -0.39 is 0 Å². The summed E-state index contributed by atoms with van der Waals surface area (Å²) >= 11 is 4.84. The van der Waals surface area contributed by atoms with Crippen LogP contribution in [0.5, 0.6) is 0 Å². The van der Waals surface area contributed by atoms with E-state index in [2.05, 4.69) is 31.2 Å². The Morgan fingerprint density at radius 3 is 2.83 bits per heavy atom. The average Bonchev–Trinajstić information content (AvgIpc) is 2.97. The summed E-state index contributed by atoms with van der Waals surface area (Å²) in [5, 5.41) is 3.85. The molecule has 0 saturated carbocycles.